The Labute approximate surface area is 126 Å². The second kappa shape index (κ2) is 6.90. The molecular formula is C15H15NO4S. The number of aromatic hydroxyl groups is 1. The summed E-state index contributed by atoms with van der Waals surface area (Å²) >= 11 is 1.54. The largest absolute Gasteiger partial charge is 0.507 e. The average molecular weight is 305 g/mol. The van der Waals surface area contributed by atoms with Crippen LogP contribution in [0.15, 0.2) is 41.8 Å². The fraction of sp³-hybridized carbons (Fsp3) is 0.200. The molecular weight excluding hydrogens is 290 g/mol. The summed E-state index contributed by atoms with van der Waals surface area (Å²) in [6, 6.07) is 9.71. The molecule has 0 saturated carbocycles. The maximum Gasteiger partial charge on any atom is 0.342 e. The average Bonchev–Trinajstić information content (AvgIpc) is 2.99. The van der Waals surface area contributed by atoms with Crippen molar-refractivity contribution in [2.24, 2.45) is 0 Å². The highest BCUT2D eigenvalue weighted by atomic mass is 32.1. The van der Waals surface area contributed by atoms with Crippen LogP contribution < -0.4 is 5.32 Å². The van der Waals surface area contributed by atoms with E-state index in [4.69, 9.17) is 4.74 Å². The molecule has 2 rings (SSSR count). The molecule has 0 unspecified atom stereocenters. The van der Waals surface area contributed by atoms with Crippen LogP contribution in [0.5, 0.6) is 5.75 Å². The van der Waals surface area contributed by atoms with Crippen molar-refractivity contribution < 1.29 is 19.4 Å². The Morgan fingerprint density at radius 1 is 1.29 bits per heavy atom. The molecule has 0 aliphatic carbocycles. The lowest BCUT2D eigenvalue weighted by atomic mass is 10.2. The van der Waals surface area contributed by atoms with Gasteiger partial charge in [-0.15, -0.1) is 11.3 Å². The van der Waals surface area contributed by atoms with E-state index >= 15 is 0 Å². The van der Waals surface area contributed by atoms with E-state index in [1.165, 1.54) is 12.1 Å². The summed E-state index contributed by atoms with van der Waals surface area (Å²) in [6.07, 6.45) is 0. The highest BCUT2D eigenvalue weighted by Gasteiger charge is 2.15. The summed E-state index contributed by atoms with van der Waals surface area (Å²) in [5.74, 6) is -1.29. The topological polar surface area (TPSA) is 75.6 Å². The number of phenols is 1. The van der Waals surface area contributed by atoms with E-state index < -0.39 is 5.97 Å². The Kier molecular flexibility index (Phi) is 4.94. The van der Waals surface area contributed by atoms with Crippen molar-refractivity contribution in [3.8, 4) is 5.75 Å². The predicted octanol–water partition coefficient (Wildman–Crippen LogP) is 2.49. The molecule has 6 heteroatoms. The van der Waals surface area contributed by atoms with E-state index in [0.29, 0.717) is 0 Å². The molecule has 1 aromatic heterocycles. The number of benzene rings is 1. The minimum Gasteiger partial charge on any atom is -0.507 e. The Morgan fingerprint density at radius 2 is 2.05 bits per heavy atom. The van der Waals surface area contributed by atoms with Gasteiger partial charge in [-0.05, 0) is 30.5 Å². The van der Waals surface area contributed by atoms with Gasteiger partial charge < -0.3 is 15.2 Å². The van der Waals surface area contributed by atoms with E-state index in [1.807, 2.05) is 24.4 Å². The lowest BCUT2D eigenvalue weighted by Gasteiger charge is -2.12. The van der Waals surface area contributed by atoms with Crippen LogP contribution in [-0.4, -0.2) is 23.6 Å². The molecule has 0 radical (unpaired) electrons. The van der Waals surface area contributed by atoms with Crippen molar-refractivity contribution in [2.75, 3.05) is 6.61 Å². The Balaban J connectivity index is 1.84. The highest BCUT2D eigenvalue weighted by molar-refractivity contribution is 7.10. The van der Waals surface area contributed by atoms with Crippen LogP contribution in [-0.2, 0) is 9.53 Å². The molecule has 5 nitrogen and oxygen atoms in total. The third-order valence-corrected chi connectivity index (χ3v) is 3.86. The quantitative estimate of drug-likeness (QED) is 0.832. The smallest absolute Gasteiger partial charge is 0.342 e. The second-order valence-electron chi connectivity index (χ2n) is 4.40. The van der Waals surface area contributed by atoms with Crippen molar-refractivity contribution in [3.05, 3.63) is 52.2 Å². The van der Waals surface area contributed by atoms with Crippen LogP contribution in [0.4, 0.5) is 0 Å². The van der Waals surface area contributed by atoms with Gasteiger partial charge in [-0.3, -0.25) is 4.79 Å². The van der Waals surface area contributed by atoms with Crippen molar-refractivity contribution in [3.63, 3.8) is 0 Å². The number of carbonyl (C=O) groups is 2. The van der Waals surface area contributed by atoms with Crippen LogP contribution >= 0.6 is 11.3 Å². The van der Waals surface area contributed by atoms with E-state index in [9.17, 15) is 14.7 Å². The fourth-order valence-electron chi connectivity index (χ4n) is 1.75. The number of phenolic OH excluding ortho intramolecular Hbond substituents is 1. The van der Waals surface area contributed by atoms with E-state index in [-0.39, 0.29) is 29.9 Å². The zero-order valence-corrected chi connectivity index (χ0v) is 12.2. The van der Waals surface area contributed by atoms with Crippen molar-refractivity contribution >= 4 is 23.2 Å². The molecule has 2 aromatic rings. The number of esters is 1. The number of ether oxygens (including phenoxy) is 1. The molecule has 1 amide bonds. The van der Waals surface area contributed by atoms with Crippen molar-refractivity contribution in [1.29, 1.82) is 0 Å². The van der Waals surface area contributed by atoms with Gasteiger partial charge in [-0.1, -0.05) is 18.2 Å². The lowest BCUT2D eigenvalue weighted by Crippen LogP contribution is -2.30. The molecule has 1 atom stereocenters. The van der Waals surface area contributed by atoms with Gasteiger partial charge in [-0.2, -0.15) is 0 Å². The summed E-state index contributed by atoms with van der Waals surface area (Å²) in [5.41, 5.74) is 0.0385. The zero-order chi connectivity index (χ0) is 15.2. The van der Waals surface area contributed by atoms with Gasteiger partial charge >= 0.3 is 5.97 Å². The second-order valence-corrected chi connectivity index (χ2v) is 5.38. The SMILES string of the molecule is C[C@@H](NC(=O)COC(=O)c1ccccc1O)c1cccs1. The number of thiophene rings is 1. The van der Waals surface area contributed by atoms with Gasteiger partial charge in [0.25, 0.3) is 5.91 Å². The lowest BCUT2D eigenvalue weighted by molar-refractivity contribution is -0.124. The molecule has 1 heterocycles. The van der Waals surface area contributed by atoms with Crippen LogP contribution in [0.1, 0.15) is 28.2 Å². The van der Waals surface area contributed by atoms with Gasteiger partial charge in [0.2, 0.25) is 0 Å². The Hall–Kier alpha value is -2.34. The highest BCUT2D eigenvalue weighted by Crippen LogP contribution is 2.18. The molecule has 21 heavy (non-hydrogen) atoms. The maximum absolute atomic E-state index is 11.7. The molecule has 110 valence electrons. The summed E-state index contributed by atoms with van der Waals surface area (Å²) < 4.78 is 4.88. The number of amides is 1. The van der Waals surface area contributed by atoms with Crippen molar-refractivity contribution in [2.45, 2.75) is 13.0 Å². The van der Waals surface area contributed by atoms with E-state index in [0.717, 1.165) is 4.88 Å². The first kappa shape index (κ1) is 15.1. The van der Waals surface area contributed by atoms with E-state index in [2.05, 4.69) is 5.32 Å². The predicted molar refractivity (Wildman–Crippen MR) is 79.3 cm³/mol. The normalized spacial score (nSPS) is 11.7. The summed E-state index contributed by atoms with van der Waals surface area (Å²) in [5, 5.41) is 14.2. The van der Waals surface area contributed by atoms with Crippen molar-refractivity contribution in [1.82, 2.24) is 5.32 Å². The summed E-state index contributed by atoms with van der Waals surface area (Å²) in [7, 11) is 0. The van der Waals surface area contributed by atoms with Gasteiger partial charge in [0.15, 0.2) is 6.61 Å². The third-order valence-electron chi connectivity index (χ3n) is 2.81. The fourth-order valence-corrected chi connectivity index (χ4v) is 2.48. The minimum atomic E-state index is -0.730. The number of hydrogen-bond acceptors (Lipinski definition) is 5. The standard InChI is InChI=1S/C15H15NO4S/c1-10(13-7-4-8-21-13)16-14(18)9-20-15(19)11-5-2-3-6-12(11)17/h2-8,10,17H,9H2,1H3,(H,16,18)/t10-/m1/s1. The van der Waals surface area contributed by atoms with Gasteiger partial charge in [-0.25, -0.2) is 4.79 Å². The number of hydrogen-bond donors (Lipinski definition) is 2. The molecule has 2 N–H and O–H groups in total. The van der Waals surface area contributed by atoms with E-state index in [1.54, 1.807) is 23.5 Å². The molecule has 0 saturated heterocycles. The third kappa shape index (κ3) is 4.06. The summed E-state index contributed by atoms with van der Waals surface area (Å²) in [6.45, 7) is 1.47. The van der Waals surface area contributed by atoms with Gasteiger partial charge in [0.05, 0.1) is 6.04 Å². The number of nitrogens with one attached hydrogen (secondary N) is 1. The number of rotatable bonds is 5. The monoisotopic (exact) mass is 305 g/mol. The molecule has 0 aliphatic heterocycles. The first-order valence-electron chi connectivity index (χ1n) is 6.36. The first-order valence-corrected chi connectivity index (χ1v) is 7.24. The maximum atomic E-state index is 11.7. The van der Waals surface area contributed by atoms with Crippen LogP contribution in [0.3, 0.4) is 0 Å². The zero-order valence-electron chi connectivity index (χ0n) is 11.4. The molecule has 0 aliphatic rings. The minimum absolute atomic E-state index is 0.0385. The van der Waals surface area contributed by atoms with Gasteiger partial charge in [0.1, 0.15) is 11.3 Å². The Morgan fingerprint density at radius 3 is 2.71 bits per heavy atom. The van der Waals surface area contributed by atoms with Crippen LogP contribution in [0, 0.1) is 0 Å². The summed E-state index contributed by atoms with van der Waals surface area (Å²) in [4.78, 5) is 24.5. The number of carbonyl (C=O) groups excluding carboxylic acids is 2. The van der Waals surface area contributed by atoms with Crippen LogP contribution in [0.25, 0.3) is 0 Å². The number of para-hydroxylation sites is 1. The van der Waals surface area contributed by atoms with Gasteiger partial charge in [0, 0.05) is 4.88 Å². The molecule has 0 spiro atoms. The molecule has 0 bridgehead atoms. The molecule has 0 fully saturated rings. The first-order chi connectivity index (χ1) is 10.1. The molecule has 1 aromatic carbocycles. The van der Waals surface area contributed by atoms with Crippen LogP contribution in [0.2, 0.25) is 0 Å². The Bertz CT molecular complexity index is 624.